The number of carbonyl (C=O) groups excluding carboxylic acids is 7. The highest BCUT2D eigenvalue weighted by Gasteiger charge is 2.50. The second-order valence-corrected chi connectivity index (χ2v) is 39.7. The van der Waals surface area contributed by atoms with E-state index in [9.17, 15) is 42.3 Å². The molecule has 39 heteroatoms. The molecule has 11 N–H and O–H groups in total. The first-order chi connectivity index (χ1) is 67.4. The van der Waals surface area contributed by atoms with Gasteiger partial charge in [-0.1, -0.05) is 84.9 Å². The minimum atomic E-state index is -0.949. The molecule has 730 valence electrons. The summed E-state index contributed by atoms with van der Waals surface area (Å²) in [5, 5.41) is 28.0. The molecule has 12 heterocycles. The molecule has 142 heavy (non-hydrogen) atoms. The van der Waals surface area contributed by atoms with E-state index in [4.69, 9.17) is 48.7 Å². The van der Waals surface area contributed by atoms with Gasteiger partial charge in [-0.15, -0.1) is 45.8 Å². The molecule has 0 spiro atoms. The van der Waals surface area contributed by atoms with E-state index in [2.05, 4.69) is 129 Å². The van der Waals surface area contributed by atoms with E-state index < -0.39 is 50.9 Å². The van der Waals surface area contributed by atoms with Crippen LogP contribution in [-0.4, -0.2) is 187 Å². The van der Waals surface area contributed by atoms with Crippen molar-refractivity contribution < 1.29 is 51.8 Å². The molecule has 0 saturated carbocycles. The lowest BCUT2D eigenvalue weighted by Crippen LogP contribution is -2.53. The first-order valence-corrected chi connectivity index (χ1v) is 48.6. The Labute approximate surface area is 836 Å². The number of benzene rings is 7. The zero-order valence-corrected chi connectivity index (χ0v) is 83.9. The van der Waals surface area contributed by atoms with Gasteiger partial charge in [0, 0.05) is 78.7 Å². The molecule has 0 radical (unpaired) electrons. The van der Waals surface area contributed by atoms with Crippen molar-refractivity contribution in [3.8, 4) is 68.4 Å². The normalized spacial score (nSPS) is 21.9. The Bertz CT molecular complexity index is 7220. The third kappa shape index (κ3) is 21.8. The van der Waals surface area contributed by atoms with Crippen molar-refractivity contribution in [3.63, 3.8) is 0 Å². The lowest BCUT2D eigenvalue weighted by Gasteiger charge is -2.40. The number of thiophene rings is 3. The third-order valence-electron chi connectivity index (χ3n) is 25.3. The van der Waals surface area contributed by atoms with Gasteiger partial charge in [-0.25, -0.2) is 48.7 Å². The van der Waals surface area contributed by atoms with Gasteiger partial charge in [0.2, 0.25) is 41.4 Å². The molecule has 1 saturated heterocycles. The largest absolute Gasteiger partial charge is 0.491 e. The fourth-order valence-electron chi connectivity index (χ4n) is 16.8. The molecule has 7 aromatic carbocycles. The number of nitrogens with zero attached hydrogens (tertiary/aromatic N) is 18. The summed E-state index contributed by atoms with van der Waals surface area (Å²) >= 11 is 6.44. The molecule has 5 aromatic heterocycles. The molecule has 0 aliphatic carbocycles. The number of likely N-dealkylation sites (N-methyl/N-ethyl adjacent to an activating group) is 1. The minimum absolute atomic E-state index is 0.00847. The van der Waals surface area contributed by atoms with Crippen molar-refractivity contribution in [2.75, 3.05) is 55.1 Å². The Morgan fingerprint density at radius 3 is 1.61 bits per heavy atom. The number of hydrogen-bond acceptors (Lipinski definition) is 29. The number of nitrogens with one attached hydrogen (secondary N) is 1. The van der Waals surface area contributed by atoms with Gasteiger partial charge in [-0.2, -0.15) is 15.5 Å². The Morgan fingerprint density at radius 1 is 0.507 bits per heavy atom. The number of carbonyl (C=O) groups is 7. The van der Waals surface area contributed by atoms with Gasteiger partial charge >= 0.3 is 6.01 Å². The van der Waals surface area contributed by atoms with Gasteiger partial charge < -0.3 is 42.7 Å². The quantitative estimate of drug-likeness (QED) is 0.0519. The van der Waals surface area contributed by atoms with Crippen molar-refractivity contribution in [2.45, 2.75) is 138 Å². The van der Waals surface area contributed by atoms with E-state index in [1.54, 1.807) is 142 Å². The lowest BCUT2D eigenvalue weighted by molar-refractivity contribution is -0.133. The molecule has 12 aromatic rings. The number of amides is 7. The SMILES string of the molecule is CC(C)Oc1cccc(-c2csc([C@]3(C)CC(=O)N(C)C(N)=N3)c2)c1.CN1C(=O)C(n2ccnc2)[C@@](C)(c2cc(-c3ccc(F)c(C#N)c3)cs2)N=C1N.CN1C(=O)C[C@@](C)(c2cccc(-c3cccc(C#N)c3F)c2)N=C1N.COc1nccc([C@]2(C)CC(=O)N(C)C(N)=N2)n1.CSc1cccc(-c2cccc([C@]3(C)CC(=O)N(C)C(N)=N3)c2)c1.C[C@@]1(c2ccc3sccc3c2)CC(=O)N2CC(=O)NC2=N1. The summed E-state index contributed by atoms with van der Waals surface area (Å²) in [6, 6.07) is 58.1. The van der Waals surface area contributed by atoms with Crippen LogP contribution in [0.4, 0.5) is 8.78 Å². The number of nitriles is 2. The number of ether oxygens (including phenoxy) is 2. The topological polar surface area (TPSA) is 465 Å². The number of thioether (sulfide) groups is 1. The van der Waals surface area contributed by atoms with Crippen LogP contribution >= 0.6 is 45.8 Å². The van der Waals surface area contributed by atoms with Gasteiger partial charge in [0.15, 0.2) is 29.8 Å². The summed E-state index contributed by atoms with van der Waals surface area (Å²) in [6.07, 6.45) is 9.99. The van der Waals surface area contributed by atoms with Crippen LogP contribution < -0.4 is 43.5 Å². The summed E-state index contributed by atoms with van der Waals surface area (Å²) in [4.78, 5) is 136. The van der Waals surface area contributed by atoms with Gasteiger partial charge in [0.25, 0.3) is 5.91 Å². The number of imidazole rings is 1. The van der Waals surface area contributed by atoms with E-state index >= 15 is 0 Å². The third-order valence-corrected chi connectivity index (χ3v) is 29.3. The van der Waals surface area contributed by atoms with Crippen LogP contribution in [0.25, 0.3) is 54.6 Å². The van der Waals surface area contributed by atoms with Crippen molar-refractivity contribution >= 4 is 133 Å². The maximum Gasteiger partial charge on any atom is 0.316 e. The zero-order valence-electron chi connectivity index (χ0n) is 80.7. The second-order valence-electron chi connectivity index (χ2n) is 36.0. The molecule has 33 nitrogen and oxygen atoms in total. The summed E-state index contributed by atoms with van der Waals surface area (Å²) in [7, 11) is 9.57. The Hall–Kier alpha value is -15.7. The van der Waals surface area contributed by atoms with Crippen LogP contribution in [0.15, 0.2) is 252 Å². The number of hydrogen-bond donors (Lipinski definition) is 6. The van der Waals surface area contributed by atoms with Crippen molar-refractivity contribution in [1.29, 1.82) is 10.5 Å². The summed E-state index contributed by atoms with van der Waals surface area (Å²) < 4.78 is 41.8. The molecule has 1 fully saturated rings. The Balaban J connectivity index is 0.000000136. The molecule has 7 aliphatic rings. The summed E-state index contributed by atoms with van der Waals surface area (Å²) in [5.74, 6) is 0.430. The number of fused-ring (bicyclic) bond motifs is 2. The molecular formula is C103H106F2N24O9S4. The van der Waals surface area contributed by atoms with Crippen LogP contribution in [0.1, 0.15) is 137 Å². The number of methoxy groups -OCH3 is 1. The highest BCUT2D eigenvalue weighted by molar-refractivity contribution is 7.98. The maximum absolute atomic E-state index is 14.5. The van der Waals surface area contributed by atoms with Gasteiger partial charge in [-0.05, 0) is 230 Å². The zero-order chi connectivity index (χ0) is 102. The van der Waals surface area contributed by atoms with Crippen LogP contribution in [0.3, 0.4) is 0 Å². The number of halogens is 2. The number of rotatable bonds is 15. The van der Waals surface area contributed by atoms with E-state index in [0.29, 0.717) is 41.2 Å². The molecule has 19 rings (SSSR count). The predicted octanol–water partition coefficient (Wildman–Crippen LogP) is 14.4. The van der Waals surface area contributed by atoms with Crippen molar-refractivity contribution in [3.05, 3.63) is 272 Å². The first-order valence-electron chi connectivity index (χ1n) is 44.8. The number of guanidine groups is 6. The molecule has 7 aliphatic heterocycles. The van der Waals surface area contributed by atoms with Crippen LogP contribution in [0.5, 0.6) is 11.8 Å². The molecule has 1 unspecified atom stereocenters. The van der Waals surface area contributed by atoms with Crippen molar-refractivity contribution in [2.24, 2.45) is 58.6 Å². The molecular weight excluding hydrogens is 1880 g/mol. The number of nitrogens with two attached hydrogens (primary N) is 5. The van der Waals surface area contributed by atoms with Crippen LogP contribution in [0.2, 0.25) is 0 Å². The smallest absolute Gasteiger partial charge is 0.316 e. The van der Waals surface area contributed by atoms with E-state index in [0.717, 1.165) is 65.4 Å². The molecule has 7 atom stereocenters. The Kier molecular flexibility index (Phi) is 30.0. The van der Waals surface area contributed by atoms with E-state index in [1.807, 2.05) is 127 Å². The van der Waals surface area contributed by atoms with Gasteiger partial charge in [-0.3, -0.25) is 68.3 Å². The van der Waals surface area contributed by atoms with Crippen molar-refractivity contribution in [1.82, 2.24) is 54.2 Å². The minimum Gasteiger partial charge on any atom is -0.491 e. The standard InChI is InChI=1S/C20H17FN6OS.C19H17FN4O.C19H23N3O2S.C19H21N3OS.C15H13N3O2S.C11H15N5O2/c1-20(17(27-6-5-24-11-27)18(28)26(2)19(23)25-20)16-8-14(10-29-16)12-3-4-15(21)13(7-12)9-22;1-19(10-16(25)24(2)18(22)23-19)14-7-3-5-12(9-14)15-8-4-6-13(11-21)17(15)20;1-12(2)24-15-7-5-6-13(8-15)14-9-16(25-11-14)19(3)10-17(23)22(4)18(20)21-19;1-19(12-17(23)22(2)18(20)21-19)15-8-4-6-13(10-15)14-7-5-9-16(11-14)24-3;1-15(10-2-3-11-9(6-10)4-5-21-11)7-13(20)18-8-12(19)16-14(18)17-15;1-11(6-8(17)16(2)9(12)15-11)7-4-5-13-10(14-7)18-3/h3-8,10-11,17H,1-2H3,(H2,23,25);3-9H,10H2,1-2H3,(H2,22,23);5-9,11-12H,10H2,1-4H3,(H2,20,21);4-11H,12H2,1-3H3,(H2,20,21);2-6H,7-8H2,1H3,(H,16,17,19);4-5H,6H2,1-3H3,(H2,12,15)/t17?,20-;3*19-;15-;11-/m100000/s1. The fraction of sp³-hybridized carbons (Fsp3) is 0.282. The monoisotopic (exact) mass is 1990 g/mol. The van der Waals surface area contributed by atoms with Crippen LogP contribution in [-0.2, 0) is 66.8 Å². The number of aromatic nitrogens is 4. The van der Waals surface area contributed by atoms with Gasteiger partial charge in [0.05, 0.1) is 85.1 Å². The summed E-state index contributed by atoms with van der Waals surface area (Å²) in [5.41, 5.74) is 35.3. The highest BCUT2D eigenvalue weighted by atomic mass is 32.2. The molecule has 7 amide bonds. The second kappa shape index (κ2) is 41.8. The first kappa shape index (κ1) is 102. The lowest BCUT2D eigenvalue weighted by atomic mass is 9.86. The molecule has 0 bridgehead atoms. The summed E-state index contributed by atoms with van der Waals surface area (Å²) in [6.45, 7) is 15.5. The van der Waals surface area contributed by atoms with Gasteiger partial charge in [0.1, 0.15) is 58.7 Å². The average Bonchev–Trinajstić information content (AvgIpc) is 1.45. The average molecular weight is 1990 g/mol. The van der Waals surface area contributed by atoms with Crippen LogP contribution in [0, 0.1) is 34.3 Å². The maximum atomic E-state index is 14.5. The fourth-order valence-corrected chi connectivity index (χ4v) is 20.2. The Morgan fingerprint density at radius 2 is 1.02 bits per heavy atom. The number of aliphatic imine (C=N–C) groups is 6. The van der Waals surface area contributed by atoms with E-state index in [1.165, 1.54) is 75.6 Å². The highest BCUT2D eigenvalue weighted by Crippen LogP contribution is 2.47. The predicted molar refractivity (Wildman–Crippen MR) is 548 cm³/mol. The van der Waals surface area contributed by atoms with E-state index in [-0.39, 0.29) is 120 Å².